The molecule has 0 aromatic heterocycles. The fraction of sp³-hybridized carbons (Fsp3) is 0.152. The van der Waals surface area contributed by atoms with E-state index in [4.69, 9.17) is 9.47 Å². The molecule has 1 heterocycles. The molecule has 0 fully saturated rings. The first kappa shape index (κ1) is 25.1. The van der Waals surface area contributed by atoms with Crippen molar-refractivity contribution in [1.29, 1.82) is 0 Å². The Morgan fingerprint density at radius 3 is 2.46 bits per heavy atom. The third-order valence-electron chi connectivity index (χ3n) is 7.24. The first-order valence-corrected chi connectivity index (χ1v) is 13.7. The molecule has 1 N–H and O–H groups in total. The molecule has 5 nitrogen and oxygen atoms in total. The molecule has 1 atom stereocenters. The van der Waals surface area contributed by atoms with Gasteiger partial charge >= 0.3 is 5.97 Å². The molecular weight excluding hydrogens is 554 g/mol. The summed E-state index contributed by atoms with van der Waals surface area (Å²) in [6, 6.07) is 27.7. The molecular formula is C33H26BrNO4. The van der Waals surface area contributed by atoms with E-state index in [1.807, 2.05) is 61.5 Å². The van der Waals surface area contributed by atoms with Crippen molar-refractivity contribution in [2.45, 2.75) is 26.4 Å². The molecule has 1 aliphatic carbocycles. The van der Waals surface area contributed by atoms with Crippen LogP contribution in [0.5, 0.6) is 5.75 Å². The largest absolute Gasteiger partial charge is 0.489 e. The highest BCUT2D eigenvalue weighted by Gasteiger charge is 2.44. The number of carbonyl (C=O) groups excluding carboxylic acids is 2. The average molecular weight is 580 g/mol. The molecule has 39 heavy (non-hydrogen) atoms. The fourth-order valence-corrected chi connectivity index (χ4v) is 5.86. The second kappa shape index (κ2) is 10.2. The lowest BCUT2D eigenvalue weighted by Crippen LogP contribution is -2.29. The van der Waals surface area contributed by atoms with E-state index in [-0.39, 0.29) is 12.4 Å². The Kier molecular flexibility index (Phi) is 6.57. The van der Waals surface area contributed by atoms with Gasteiger partial charge in [-0.1, -0.05) is 76.6 Å². The van der Waals surface area contributed by atoms with Crippen LogP contribution in [0.4, 0.5) is 0 Å². The van der Waals surface area contributed by atoms with Crippen LogP contribution in [0.2, 0.25) is 0 Å². The number of benzene rings is 4. The summed E-state index contributed by atoms with van der Waals surface area (Å²) in [5.41, 5.74) is 5.51. The third-order valence-corrected chi connectivity index (χ3v) is 7.73. The normalized spacial score (nSPS) is 16.2. The van der Waals surface area contributed by atoms with Gasteiger partial charge < -0.3 is 14.8 Å². The zero-order valence-electron chi connectivity index (χ0n) is 21.6. The maximum absolute atomic E-state index is 13.8. The Morgan fingerprint density at radius 2 is 1.67 bits per heavy atom. The molecule has 0 radical (unpaired) electrons. The van der Waals surface area contributed by atoms with Crippen LogP contribution >= 0.6 is 15.9 Å². The highest BCUT2D eigenvalue weighted by Crippen LogP contribution is 2.49. The molecule has 4 aromatic rings. The summed E-state index contributed by atoms with van der Waals surface area (Å²) in [5.74, 6) is -0.621. The number of Topliss-reactive ketones (excluding diaryl/α,β-unsaturated/α-hetero) is 1. The molecule has 0 unspecified atom stereocenters. The molecule has 0 bridgehead atoms. The number of nitrogens with one attached hydrogen (secondary N) is 1. The van der Waals surface area contributed by atoms with Crippen molar-refractivity contribution in [3.8, 4) is 5.75 Å². The number of esters is 1. The maximum atomic E-state index is 13.8. The molecule has 0 spiro atoms. The van der Waals surface area contributed by atoms with Crippen LogP contribution in [0.1, 0.15) is 46.8 Å². The Hall–Kier alpha value is -4.16. The third kappa shape index (κ3) is 4.45. The van der Waals surface area contributed by atoms with Gasteiger partial charge in [0.1, 0.15) is 12.4 Å². The summed E-state index contributed by atoms with van der Waals surface area (Å²) >= 11 is 3.60. The van der Waals surface area contributed by atoms with Gasteiger partial charge in [0, 0.05) is 32.4 Å². The van der Waals surface area contributed by atoms with Crippen molar-refractivity contribution in [3.05, 3.63) is 128 Å². The quantitative estimate of drug-likeness (QED) is 0.242. The second-order valence-corrected chi connectivity index (χ2v) is 10.5. The molecule has 4 aromatic carbocycles. The van der Waals surface area contributed by atoms with Crippen molar-refractivity contribution in [2.24, 2.45) is 0 Å². The van der Waals surface area contributed by atoms with Crippen LogP contribution in [0, 0.1) is 0 Å². The summed E-state index contributed by atoms with van der Waals surface area (Å²) < 4.78 is 12.7. The maximum Gasteiger partial charge on any atom is 0.336 e. The summed E-state index contributed by atoms with van der Waals surface area (Å²) in [4.78, 5) is 27.2. The number of ether oxygens (including phenoxy) is 2. The van der Waals surface area contributed by atoms with Gasteiger partial charge in [0.2, 0.25) is 0 Å². The number of carbonyl (C=O) groups is 2. The number of dihydropyridines is 1. The molecule has 1 aliphatic heterocycles. The second-order valence-electron chi connectivity index (χ2n) is 9.63. The summed E-state index contributed by atoms with van der Waals surface area (Å²) in [5, 5.41) is 5.65. The monoisotopic (exact) mass is 579 g/mol. The predicted octanol–water partition coefficient (Wildman–Crippen LogP) is 7.31. The zero-order chi connectivity index (χ0) is 27.1. The van der Waals surface area contributed by atoms with Crippen LogP contribution in [0.25, 0.3) is 16.5 Å². The molecule has 0 saturated carbocycles. The smallest absolute Gasteiger partial charge is 0.336 e. The minimum atomic E-state index is -0.663. The van der Waals surface area contributed by atoms with Gasteiger partial charge in [0.25, 0.3) is 0 Å². The van der Waals surface area contributed by atoms with Crippen LogP contribution < -0.4 is 10.1 Å². The Morgan fingerprint density at radius 1 is 0.923 bits per heavy atom. The topological polar surface area (TPSA) is 64.6 Å². The number of ketones is 1. The van der Waals surface area contributed by atoms with Gasteiger partial charge in [-0.15, -0.1) is 0 Å². The lowest BCUT2D eigenvalue weighted by atomic mass is 9.79. The van der Waals surface area contributed by atoms with Crippen molar-refractivity contribution in [2.75, 3.05) is 6.61 Å². The molecule has 6 rings (SSSR count). The number of hydrogen-bond acceptors (Lipinski definition) is 5. The van der Waals surface area contributed by atoms with Gasteiger partial charge in [0.05, 0.1) is 23.8 Å². The number of fused-ring (bicyclic) bond motifs is 3. The van der Waals surface area contributed by atoms with E-state index in [1.165, 1.54) is 5.39 Å². The molecule has 0 saturated heterocycles. The van der Waals surface area contributed by atoms with E-state index in [0.717, 1.165) is 32.2 Å². The Labute approximate surface area is 235 Å². The first-order valence-electron chi connectivity index (χ1n) is 12.9. The van der Waals surface area contributed by atoms with E-state index in [2.05, 4.69) is 51.6 Å². The SMILES string of the molecule is CCOC(=O)C1=C(C)NC2=C(C(=O)c3ccccc32)[C@@H]1c1cc(Br)ccc1OCc1ccc2ccccc2c1. The van der Waals surface area contributed by atoms with E-state index < -0.39 is 11.9 Å². The van der Waals surface area contributed by atoms with Crippen LogP contribution in [0.15, 0.2) is 106 Å². The minimum absolute atomic E-state index is 0.104. The minimum Gasteiger partial charge on any atom is -0.489 e. The molecule has 2 aliphatic rings. The number of allylic oxidation sites excluding steroid dienone is 2. The summed E-state index contributed by atoms with van der Waals surface area (Å²) in [6.07, 6.45) is 0. The standard InChI is InChI=1S/C33H26BrNO4/c1-3-38-33(37)28-19(2)35-31-24-10-6-7-11-25(24)32(36)30(31)29(28)26-17-23(34)14-15-27(26)39-18-20-12-13-21-8-4-5-9-22(21)16-20/h4-17,29,35H,3,18H2,1-2H3/t29-/m1/s1. The van der Waals surface area contributed by atoms with Gasteiger partial charge in [0.15, 0.2) is 5.78 Å². The van der Waals surface area contributed by atoms with Crippen molar-refractivity contribution in [3.63, 3.8) is 0 Å². The molecule has 0 amide bonds. The first-order chi connectivity index (χ1) is 19.0. The zero-order valence-corrected chi connectivity index (χ0v) is 23.2. The number of rotatable bonds is 6. The van der Waals surface area contributed by atoms with Crippen molar-refractivity contribution in [1.82, 2.24) is 5.32 Å². The van der Waals surface area contributed by atoms with E-state index >= 15 is 0 Å². The summed E-state index contributed by atoms with van der Waals surface area (Å²) in [6.45, 7) is 4.19. The predicted molar refractivity (Wildman–Crippen MR) is 155 cm³/mol. The van der Waals surface area contributed by atoms with Crippen molar-refractivity contribution >= 4 is 44.2 Å². The van der Waals surface area contributed by atoms with Crippen LogP contribution in [0.3, 0.4) is 0 Å². The fourth-order valence-electron chi connectivity index (χ4n) is 5.49. The Balaban J connectivity index is 1.45. The van der Waals surface area contributed by atoms with Gasteiger partial charge in [-0.2, -0.15) is 0 Å². The summed E-state index contributed by atoms with van der Waals surface area (Å²) in [7, 11) is 0. The average Bonchev–Trinajstić information content (AvgIpc) is 3.23. The highest BCUT2D eigenvalue weighted by molar-refractivity contribution is 9.10. The molecule has 6 heteroatoms. The number of hydrogen-bond donors (Lipinski definition) is 1. The lowest BCUT2D eigenvalue weighted by molar-refractivity contribution is -0.138. The van der Waals surface area contributed by atoms with Gasteiger partial charge in [-0.05, 0) is 54.4 Å². The van der Waals surface area contributed by atoms with Crippen molar-refractivity contribution < 1.29 is 19.1 Å². The Bertz CT molecular complexity index is 1720. The van der Waals surface area contributed by atoms with E-state index in [1.54, 1.807) is 6.92 Å². The van der Waals surface area contributed by atoms with Gasteiger partial charge in [-0.25, -0.2) is 4.79 Å². The van der Waals surface area contributed by atoms with Crippen LogP contribution in [-0.4, -0.2) is 18.4 Å². The number of halogens is 1. The molecule has 194 valence electrons. The van der Waals surface area contributed by atoms with Crippen LogP contribution in [-0.2, 0) is 16.1 Å². The highest BCUT2D eigenvalue weighted by atomic mass is 79.9. The van der Waals surface area contributed by atoms with Gasteiger partial charge in [-0.3, -0.25) is 4.79 Å². The lowest BCUT2D eigenvalue weighted by Gasteiger charge is -2.30. The van der Waals surface area contributed by atoms with E-state index in [0.29, 0.717) is 34.8 Å². The van der Waals surface area contributed by atoms with E-state index in [9.17, 15) is 9.59 Å².